The minimum atomic E-state index is -1.53. The second kappa shape index (κ2) is 7.34. The van der Waals surface area contributed by atoms with Crippen molar-refractivity contribution in [2.75, 3.05) is 12.4 Å². The lowest BCUT2D eigenvalue weighted by Gasteiger charge is -2.13. The first-order chi connectivity index (χ1) is 9.83. The van der Waals surface area contributed by atoms with Gasteiger partial charge in [0, 0.05) is 5.69 Å². The molecule has 8 nitrogen and oxygen atoms in total. The molecule has 1 atom stereocenters. The highest BCUT2D eigenvalue weighted by Gasteiger charge is 2.23. The van der Waals surface area contributed by atoms with E-state index in [9.17, 15) is 14.4 Å². The highest BCUT2D eigenvalue weighted by Crippen LogP contribution is 2.27. The molecule has 1 aromatic carbocycles. The van der Waals surface area contributed by atoms with Gasteiger partial charge in [-0.3, -0.25) is 4.79 Å². The van der Waals surface area contributed by atoms with Crippen LogP contribution in [0.25, 0.3) is 0 Å². The van der Waals surface area contributed by atoms with Crippen molar-refractivity contribution in [2.24, 2.45) is 0 Å². The maximum absolute atomic E-state index is 11.6. The summed E-state index contributed by atoms with van der Waals surface area (Å²) in [7, 11) is 1.43. The lowest BCUT2D eigenvalue weighted by atomic mass is 10.2. The highest BCUT2D eigenvalue weighted by molar-refractivity contribution is 6.32. The van der Waals surface area contributed by atoms with Gasteiger partial charge in [0.1, 0.15) is 11.8 Å². The first kappa shape index (κ1) is 16.6. The largest absolute Gasteiger partial charge is 0.495 e. The van der Waals surface area contributed by atoms with Gasteiger partial charge in [0.25, 0.3) is 0 Å². The van der Waals surface area contributed by atoms with E-state index in [1.165, 1.54) is 25.3 Å². The van der Waals surface area contributed by atoms with Gasteiger partial charge < -0.3 is 25.6 Å². The quantitative estimate of drug-likeness (QED) is 0.628. The van der Waals surface area contributed by atoms with Crippen LogP contribution in [0.1, 0.15) is 6.42 Å². The summed E-state index contributed by atoms with van der Waals surface area (Å²) >= 11 is 5.87. The van der Waals surface area contributed by atoms with E-state index in [0.717, 1.165) is 0 Å². The number of methoxy groups -OCH3 is 1. The normalized spacial score (nSPS) is 11.3. The van der Waals surface area contributed by atoms with E-state index in [-0.39, 0.29) is 5.02 Å². The number of carboxylic acid groups (broad SMARTS) is 2. The second-order valence-corrected chi connectivity index (χ2v) is 4.34. The lowest BCUT2D eigenvalue weighted by molar-refractivity contribution is -0.145. The molecule has 2 amide bonds. The van der Waals surface area contributed by atoms with E-state index in [2.05, 4.69) is 5.32 Å². The molecule has 0 bridgehead atoms. The number of hydrogen-bond acceptors (Lipinski definition) is 4. The Balaban J connectivity index is 2.69. The smallest absolute Gasteiger partial charge is 0.326 e. The number of urea groups is 1. The number of carboxylic acids is 2. The summed E-state index contributed by atoms with van der Waals surface area (Å²) in [6, 6.07) is 2.04. The van der Waals surface area contributed by atoms with E-state index in [1.54, 1.807) is 0 Å². The van der Waals surface area contributed by atoms with Gasteiger partial charge in [-0.15, -0.1) is 0 Å². The van der Waals surface area contributed by atoms with Crippen molar-refractivity contribution in [3.63, 3.8) is 0 Å². The summed E-state index contributed by atoms with van der Waals surface area (Å²) in [6.07, 6.45) is -0.730. The third kappa shape index (κ3) is 5.19. The van der Waals surface area contributed by atoms with Crippen LogP contribution in [0.2, 0.25) is 5.02 Å². The summed E-state index contributed by atoms with van der Waals surface area (Å²) in [5.74, 6) is -2.37. The summed E-state index contributed by atoms with van der Waals surface area (Å²) in [4.78, 5) is 32.9. The summed E-state index contributed by atoms with van der Waals surface area (Å²) in [5, 5.41) is 22.0. The molecule has 0 unspecified atom stereocenters. The molecule has 0 aromatic heterocycles. The van der Waals surface area contributed by atoms with Crippen LogP contribution in [0.4, 0.5) is 10.5 Å². The molecule has 4 N–H and O–H groups in total. The number of carbonyl (C=O) groups excluding carboxylic acids is 1. The minimum absolute atomic E-state index is 0.260. The van der Waals surface area contributed by atoms with Crippen LogP contribution >= 0.6 is 11.6 Å². The van der Waals surface area contributed by atoms with Gasteiger partial charge in [-0.25, -0.2) is 9.59 Å². The van der Waals surface area contributed by atoms with Crippen molar-refractivity contribution in [1.82, 2.24) is 5.32 Å². The number of benzene rings is 1. The van der Waals surface area contributed by atoms with Crippen molar-refractivity contribution >= 4 is 35.3 Å². The summed E-state index contributed by atoms with van der Waals surface area (Å²) in [5.41, 5.74) is 0.303. The first-order valence-electron chi connectivity index (χ1n) is 5.69. The Hall–Kier alpha value is -2.48. The number of ether oxygens (including phenoxy) is 1. The maximum atomic E-state index is 11.6. The van der Waals surface area contributed by atoms with E-state index in [4.69, 9.17) is 26.6 Å². The van der Waals surface area contributed by atoms with Crippen LogP contribution in [0.15, 0.2) is 18.2 Å². The predicted octanol–water partition coefficient (Wildman–Crippen LogP) is 1.40. The van der Waals surface area contributed by atoms with Gasteiger partial charge in [0.2, 0.25) is 0 Å². The van der Waals surface area contributed by atoms with Gasteiger partial charge in [0.05, 0.1) is 18.6 Å². The summed E-state index contributed by atoms with van der Waals surface area (Å²) < 4.78 is 4.94. The third-order valence-electron chi connectivity index (χ3n) is 2.39. The molecule has 0 saturated heterocycles. The molecule has 21 heavy (non-hydrogen) atoms. The van der Waals surface area contributed by atoms with Crippen molar-refractivity contribution in [3.8, 4) is 5.75 Å². The van der Waals surface area contributed by atoms with Crippen LogP contribution in [0.3, 0.4) is 0 Å². The van der Waals surface area contributed by atoms with E-state index < -0.39 is 30.4 Å². The molecule has 0 radical (unpaired) electrons. The van der Waals surface area contributed by atoms with Gasteiger partial charge in [0.15, 0.2) is 0 Å². The zero-order valence-corrected chi connectivity index (χ0v) is 11.7. The van der Waals surface area contributed by atoms with Crippen LogP contribution < -0.4 is 15.4 Å². The number of amides is 2. The molecule has 0 aliphatic carbocycles. The van der Waals surface area contributed by atoms with Gasteiger partial charge in [-0.2, -0.15) is 0 Å². The molecule has 114 valence electrons. The molecule has 0 saturated carbocycles. The molecule has 9 heteroatoms. The highest BCUT2D eigenvalue weighted by atomic mass is 35.5. The monoisotopic (exact) mass is 316 g/mol. The van der Waals surface area contributed by atoms with Gasteiger partial charge in [-0.05, 0) is 18.2 Å². The number of aliphatic carboxylic acids is 2. The molecular formula is C12H13ClN2O6. The molecule has 1 aromatic rings. The SMILES string of the molecule is COc1ccc(NC(=O)N[C@H](CC(=O)O)C(=O)O)cc1Cl. The predicted molar refractivity (Wildman–Crippen MR) is 73.8 cm³/mol. The Morgan fingerprint density at radius 3 is 2.48 bits per heavy atom. The first-order valence-corrected chi connectivity index (χ1v) is 6.07. The number of anilines is 1. The average molecular weight is 317 g/mol. The van der Waals surface area contributed by atoms with Crippen LogP contribution in [0.5, 0.6) is 5.75 Å². The van der Waals surface area contributed by atoms with Crippen LogP contribution in [-0.2, 0) is 9.59 Å². The standard InChI is InChI=1S/C12H13ClN2O6/c1-21-9-3-2-6(4-7(9)13)14-12(20)15-8(11(18)19)5-10(16)17/h2-4,8H,5H2,1H3,(H,16,17)(H,18,19)(H2,14,15,20)/t8-/m1/s1. The molecule has 1 rings (SSSR count). The Kier molecular flexibility index (Phi) is 5.79. The molecule has 0 aliphatic heterocycles. The van der Waals surface area contributed by atoms with Crippen LogP contribution in [0, 0.1) is 0 Å². The Labute approximate surface area is 124 Å². The van der Waals surface area contributed by atoms with Crippen molar-refractivity contribution < 1.29 is 29.3 Å². The number of carbonyl (C=O) groups is 3. The zero-order chi connectivity index (χ0) is 16.0. The zero-order valence-electron chi connectivity index (χ0n) is 10.9. The fourth-order valence-electron chi connectivity index (χ4n) is 1.44. The molecule has 0 spiro atoms. The second-order valence-electron chi connectivity index (χ2n) is 3.94. The lowest BCUT2D eigenvalue weighted by Crippen LogP contribution is -2.44. The van der Waals surface area contributed by atoms with Gasteiger partial charge in [-0.1, -0.05) is 11.6 Å². The number of rotatable bonds is 6. The molecule has 0 fully saturated rings. The third-order valence-corrected chi connectivity index (χ3v) is 2.69. The fourth-order valence-corrected chi connectivity index (χ4v) is 1.70. The van der Waals surface area contributed by atoms with Crippen molar-refractivity contribution in [1.29, 1.82) is 0 Å². The Bertz CT molecular complexity index is 563. The number of nitrogens with one attached hydrogen (secondary N) is 2. The number of hydrogen-bond donors (Lipinski definition) is 4. The van der Waals surface area contributed by atoms with E-state index >= 15 is 0 Å². The summed E-state index contributed by atoms with van der Waals surface area (Å²) in [6.45, 7) is 0. The maximum Gasteiger partial charge on any atom is 0.326 e. The molecule has 0 aliphatic rings. The number of halogens is 1. The topological polar surface area (TPSA) is 125 Å². The average Bonchev–Trinajstić information content (AvgIpc) is 2.37. The van der Waals surface area contributed by atoms with Crippen molar-refractivity contribution in [2.45, 2.75) is 12.5 Å². The minimum Gasteiger partial charge on any atom is -0.495 e. The Morgan fingerprint density at radius 1 is 1.33 bits per heavy atom. The van der Waals surface area contributed by atoms with E-state index in [0.29, 0.717) is 11.4 Å². The van der Waals surface area contributed by atoms with Crippen molar-refractivity contribution in [3.05, 3.63) is 23.2 Å². The van der Waals surface area contributed by atoms with E-state index in [1.807, 2.05) is 5.32 Å². The molecule has 0 heterocycles. The van der Waals surface area contributed by atoms with Crippen LogP contribution in [-0.4, -0.2) is 41.3 Å². The fraction of sp³-hybridized carbons (Fsp3) is 0.250. The van der Waals surface area contributed by atoms with Gasteiger partial charge >= 0.3 is 18.0 Å². The Morgan fingerprint density at radius 2 is 2.00 bits per heavy atom. The molecular weight excluding hydrogens is 304 g/mol.